The lowest BCUT2D eigenvalue weighted by Gasteiger charge is -2.35. The van der Waals surface area contributed by atoms with E-state index in [0.717, 1.165) is 38.3 Å². The molecule has 0 bridgehead atoms. The largest absolute Gasteiger partial charge is 0.387 e. The summed E-state index contributed by atoms with van der Waals surface area (Å²) in [7, 11) is 0. The van der Waals surface area contributed by atoms with Crippen LogP contribution in [0.1, 0.15) is 17.2 Å². The summed E-state index contributed by atoms with van der Waals surface area (Å²) in [6.45, 7) is 5.77. The zero-order valence-corrected chi connectivity index (χ0v) is 14.0. The Balaban J connectivity index is 1.46. The molecular weight excluding hydrogens is 308 g/mol. The van der Waals surface area contributed by atoms with Crippen molar-refractivity contribution in [3.8, 4) is 0 Å². The van der Waals surface area contributed by atoms with E-state index in [9.17, 15) is 5.11 Å². The molecule has 1 aliphatic rings. The summed E-state index contributed by atoms with van der Waals surface area (Å²) in [5.41, 5.74) is 2.29. The summed E-state index contributed by atoms with van der Waals surface area (Å²) in [5.74, 6) is 0. The van der Waals surface area contributed by atoms with Gasteiger partial charge in [0.2, 0.25) is 0 Å². The Hall–Kier alpha value is -1.39. The molecule has 0 unspecified atom stereocenters. The summed E-state index contributed by atoms with van der Waals surface area (Å²) >= 11 is 5.89. The number of hydrogen-bond donors (Lipinski definition) is 1. The first-order chi connectivity index (χ1) is 11.2. The topological polar surface area (TPSA) is 26.7 Å². The molecule has 4 heteroatoms. The van der Waals surface area contributed by atoms with Gasteiger partial charge in [0.05, 0.1) is 6.10 Å². The number of benzene rings is 2. The summed E-state index contributed by atoms with van der Waals surface area (Å²) in [6, 6.07) is 18.1. The van der Waals surface area contributed by atoms with E-state index < -0.39 is 6.10 Å². The molecule has 3 nitrogen and oxygen atoms in total. The van der Waals surface area contributed by atoms with E-state index >= 15 is 0 Å². The van der Waals surface area contributed by atoms with Crippen LogP contribution in [0.25, 0.3) is 0 Å². The number of nitrogens with zero attached hydrogens (tertiary/aromatic N) is 2. The maximum atomic E-state index is 10.4. The number of hydrogen-bond acceptors (Lipinski definition) is 3. The van der Waals surface area contributed by atoms with E-state index in [1.165, 1.54) is 5.56 Å². The molecule has 0 saturated carbocycles. The SMILES string of the molecule is O[C@H](CN1CCN(Cc2ccccc2)CC1)c1ccc(Cl)cc1. The van der Waals surface area contributed by atoms with Gasteiger partial charge in [-0.25, -0.2) is 0 Å². The van der Waals surface area contributed by atoms with Gasteiger partial charge in [0, 0.05) is 44.3 Å². The van der Waals surface area contributed by atoms with Gasteiger partial charge >= 0.3 is 0 Å². The third-order valence-corrected chi connectivity index (χ3v) is 4.65. The lowest BCUT2D eigenvalue weighted by atomic mass is 10.1. The van der Waals surface area contributed by atoms with Crippen LogP contribution in [0.15, 0.2) is 54.6 Å². The Bertz CT molecular complexity index is 595. The summed E-state index contributed by atoms with van der Waals surface area (Å²) in [6.07, 6.45) is -0.451. The van der Waals surface area contributed by atoms with Gasteiger partial charge in [0.15, 0.2) is 0 Å². The van der Waals surface area contributed by atoms with E-state index in [1.54, 1.807) is 0 Å². The molecule has 1 atom stereocenters. The molecule has 2 aromatic rings. The normalized spacial score (nSPS) is 18.0. The third kappa shape index (κ3) is 4.79. The maximum absolute atomic E-state index is 10.4. The van der Waals surface area contributed by atoms with Gasteiger partial charge in [-0.3, -0.25) is 9.80 Å². The first kappa shape index (κ1) is 16.5. The highest BCUT2D eigenvalue weighted by Gasteiger charge is 2.19. The second kappa shape index (κ2) is 7.93. The zero-order chi connectivity index (χ0) is 16.1. The van der Waals surface area contributed by atoms with Crippen molar-refractivity contribution in [1.82, 2.24) is 9.80 Å². The number of piperazine rings is 1. The van der Waals surface area contributed by atoms with Crippen molar-refractivity contribution in [3.05, 3.63) is 70.7 Å². The predicted molar refractivity (Wildman–Crippen MR) is 94.6 cm³/mol. The quantitative estimate of drug-likeness (QED) is 0.912. The van der Waals surface area contributed by atoms with Gasteiger partial charge in [-0.15, -0.1) is 0 Å². The highest BCUT2D eigenvalue weighted by Crippen LogP contribution is 2.18. The van der Waals surface area contributed by atoms with Crippen LogP contribution in [0.5, 0.6) is 0 Å². The summed E-state index contributed by atoms with van der Waals surface area (Å²) in [5, 5.41) is 11.1. The lowest BCUT2D eigenvalue weighted by molar-refractivity contribution is 0.0701. The fourth-order valence-corrected chi connectivity index (χ4v) is 3.13. The summed E-state index contributed by atoms with van der Waals surface area (Å²) in [4.78, 5) is 4.81. The molecule has 3 rings (SSSR count). The van der Waals surface area contributed by atoms with Crippen molar-refractivity contribution in [1.29, 1.82) is 0 Å². The van der Waals surface area contributed by atoms with E-state index in [4.69, 9.17) is 11.6 Å². The van der Waals surface area contributed by atoms with Crippen LogP contribution in [0.4, 0.5) is 0 Å². The molecule has 23 heavy (non-hydrogen) atoms. The van der Waals surface area contributed by atoms with E-state index in [2.05, 4.69) is 40.1 Å². The average Bonchev–Trinajstić information content (AvgIpc) is 2.58. The standard InChI is InChI=1S/C19H23ClN2O/c20-18-8-6-17(7-9-18)19(23)15-22-12-10-21(11-13-22)14-16-4-2-1-3-5-16/h1-9,19,23H,10-15H2/t19-/m1/s1. The molecule has 1 heterocycles. The molecule has 1 fully saturated rings. The Morgan fingerprint density at radius 2 is 1.48 bits per heavy atom. The van der Waals surface area contributed by atoms with Gasteiger partial charge in [-0.1, -0.05) is 54.1 Å². The van der Waals surface area contributed by atoms with Crippen molar-refractivity contribution in [2.45, 2.75) is 12.6 Å². The Morgan fingerprint density at radius 1 is 0.870 bits per heavy atom. The number of aliphatic hydroxyl groups excluding tert-OH is 1. The van der Waals surface area contributed by atoms with Gasteiger partial charge in [-0.05, 0) is 23.3 Å². The minimum atomic E-state index is -0.451. The molecule has 0 aromatic heterocycles. The lowest BCUT2D eigenvalue weighted by Crippen LogP contribution is -2.47. The molecule has 1 saturated heterocycles. The number of rotatable bonds is 5. The second-order valence-electron chi connectivity index (χ2n) is 6.13. The Morgan fingerprint density at radius 3 is 2.13 bits per heavy atom. The minimum Gasteiger partial charge on any atom is -0.387 e. The minimum absolute atomic E-state index is 0.451. The van der Waals surface area contributed by atoms with Crippen LogP contribution in [-0.2, 0) is 6.54 Å². The van der Waals surface area contributed by atoms with E-state index in [1.807, 2.05) is 24.3 Å². The summed E-state index contributed by atoms with van der Waals surface area (Å²) < 4.78 is 0. The van der Waals surface area contributed by atoms with Crippen LogP contribution >= 0.6 is 11.6 Å². The molecule has 0 aliphatic carbocycles. The fraction of sp³-hybridized carbons (Fsp3) is 0.368. The Kier molecular flexibility index (Phi) is 5.68. The van der Waals surface area contributed by atoms with Gasteiger partial charge in [-0.2, -0.15) is 0 Å². The molecule has 0 spiro atoms. The highest BCUT2D eigenvalue weighted by molar-refractivity contribution is 6.30. The van der Waals surface area contributed by atoms with E-state index in [0.29, 0.717) is 11.6 Å². The van der Waals surface area contributed by atoms with Crippen molar-refractivity contribution >= 4 is 11.6 Å². The average molecular weight is 331 g/mol. The zero-order valence-electron chi connectivity index (χ0n) is 13.2. The van der Waals surface area contributed by atoms with Crippen molar-refractivity contribution in [2.24, 2.45) is 0 Å². The van der Waals surface area contributed by atoms with Crippen LogP contribution in [0.3, 0.4) is 0 Å². The van der Waals surface area contributed by atoms with Gasteiger partial charge in [0.1, 0.15) is 0 Å². The smallest absolute Gasteiger partial charge is 0.0916 e. The molecule has 0 amide bonds. The first-order valence-electron chi connectivity index (χ1n) is 8.13. The van der Waals surface area contributed by atoms with Crippen LogP contribution in [0, 0.1) is 0 Å². The molecule has 2 aromatic carbocycles. The van der Waals surface area contributed by atoms with E-state index in [-0.39, 0.29) is 0 Å². The third-order valence-electron chi connectivity index (χ3n) is 4.40. The number of aliphatic hydroxyl groups is 1. The molecule has 1 aliphatic heterocycles. The van der Waals surface area contributed by atoms with Crippen LogP contribution < -0.4 is 0 Å². The predicted octanol–water partition coefficient (Wildman–Crippen LogP) is 3.19. The molecule has 122 valence electrons. The van der Waals surface area contributed by atoms with Crippen molar-refractivity contribution < 1.29 is 5.11 Å². The van der Waals surface area contributed by atoms with Crippen molar-refractivity contribution in [2.75, 3.05) is 32.7 Å². The van der Waals surface area contributed by atoms with Gasteiger partial charge in [0.25, 0.3) is 0 Å². The fourth-order valence-electron chi connectivity index (χ4n) is 3.01. The van der Waals surface area contributed by atoms with Crippen LogP contribution in [0.2, 0.25) is 5.02 Å². The van der Waals surface area contributed by atoms with Crippen LogP contribution in [-0.4, -0.2) is 47.6 Å². The highest BCUT2D eigenvalue weighted by atomic mass is 35.5. The number of β-amino-alcohol motifs (C(OH)–C–C–N with tert-alkyl or cyclic N) is 1. The van der Waals surface area contributed by atoms with Gasteiger partial charge < -0.3 is 5.11 Å². The monoisotopic (exact) mass is 330 g/mol. The molecule has 1 N–H and O–H groups in total. The maximum Gasteiger partial charge on any atom is 0.0916 e. The van der Waals surface area contributed by atoms with Crippen molar-refractivity contribution in [3.63, 3.8) is 0 Å². The first-order valence-corrected chi connectivity index (χ1v) is 8.51. The molecule has 0 radical (unpaired) electrons. The number of halogens is 1. The molecular formula is C19H23ClN2O. The Labute approximate surface area is 143 Å². The second-order valence-corrected chi connectivity index (χ2v) is 6.57.